The fourth-order valence-electron chi connectivity index (χ4n) is 2.25. The highest BCUT2D eigenvalue weighted by atomic mass is 35.5. The van der Waals surface area contributed by atoms with Crippen molar-refractivity contribution in [3.05, 3.63) is 28.8 Å². The number of esters is 1. The van der Waals surface area contributed by atoms with E-state index in [0.29, 0.717) is 12.8 Å². The second-order valence-corrected chi connectivity index (χ2v) is 6.41. The summed E-state index contributed by atoms with van der Waals surface area (Å²) in [5.41, 5.74) is -0.494. The van der Waals surface area contributed by atoms with E-state index in [0.717, 1.165) is 6.42 Å². The third-order valence-electron chi connectivity index (χ3n) is 4.24. The number of amides is 2. The average molecular weight is 353 g/mol. The van der Waals surface area contributed by atoms with Gasteiger partial charge in [0.1, 0.15) is 5.41 Å². The third kappa shape index (κ3) is 3.70. The van der Waals surface area contributed by atoms with E-state index in [9.17, 15) is 14.4 Å². The van der Waals surface area contributed by atoms with Crippen molar-refractivity contribution < 1.29 is 19.1 Å². The summed E-state index contributed by atoms with van der Waals surface area (Å²) >= 11 is 6.08. The van der Waals surface area contributed by atoms with Gasteiger partial charge in [0.25, 0.3) is 0 Å². The van der Waals surface area contributed by atoms with E-state index in [-0.39, 0.29) is 28.2 Å². The van der Waals surface area contributed by atoms with Gasteiger partial charge in [0, 0.05) is 6.04 Å². The minimum Gasteiger partial charge on any atom is -0.465 e. The van der Waals surface area contributed by atoms with Gasteiger partial charge >= 0.3 is 5.97 Å². The van der Waals surface area contributed by atoms with Crippen LogP contribution in [0.15, 0.2) is 18.2 Å². The maximum atomic E-state index is 12.6. The fraction of sp³-hybridized carbons (Fsp3) is 0.471. The van der Waals surface area contributed by atoms with Crippen molar-refractivity contribution in [2.24, 2.45) is 5.41 Å². The lowest BCUT2D eigenvalue weighted by atomic mass is 10.0. The van der Waals surface area contributed by atoms with Gasteiger partial charge in [-0.15, -0.1) is 0 Å². The van der Waals surface area contributed by atoms with Crippen LogP contribution in [0.1, 0.15) is 43.5 Å². The largest absolute Gasteiger partial charge is 0.465 e. The maximum absolute atomic E-state index is 12.6. The van der Waals surface area contributed by atoms with Crippen molar-refractivity contribution in [1.29, 1.82) is 0 Å². The van der Waals surface area contributed by atoms with Crippen LogP contribution in [0.2, 0.25) is 5.02 Å². The van der Waals surface area contributed by atoms with Crippen LogP contribution >= 0.6 is 11.6 Å². The van der Waals surface area contributed by atoms with Crippen molar-refractivity contribution in [2.75, 3.05) is 12.4 Å². The Hall–Kier alpha value is -2.08. The highest BCUT2D eigenvalue weighted by Gasteiger charge is 2.56. The molecule has 0 bridgehead atoms. The monoisotopic (exact) mass is 352 g/mol. The fourth-order valence-corrected chi connectivity index (χ4v) is 2.42. The number of rotatable bonds is 6. The first-order chi connectivity index (χ1) is 11.3. The zero-order valence-corrected chi connectivity index (χ0v) is 14.7. The quantitative estimate of drug-likeness (QED) is 0.609. The number of carbonyl (C=O) groups excluding carboxylic acids is 3. The highest BCUT2D eigenvalue weighted by Crippen LogP contribution is 2.47. The predicted octanol–water partition coefficient (Wildman–Crippen LogP) is 2.76. The third-order valence-corrected chi connectivity index (χ3v) is 4.57. The summed E-state index contributed by atoms with van der Waals surface area (Å²) in [6.07, 6.45) is 1.78. The summed E-state index contributed by atoms with van der Waals surface area (Å²) in [5, 5.41) is 5.80. The van der Waals surface area contributed by atoms with Crippen LogP contribution in [-0.2, 0) is 14.3 Å². The standard InChI is InChI=1S/C17H21ClN2O4/c1-4-10(2)19-15(22)17(7-8-17)16(23)20-13-9-11(14(21)24-3)5-6-12(13)18/h5-6,9-10H,4,7-8H2,1-3H3,(H,19,22)(H,20,23). The summed E-state index contributed by atoms with van der Waals surface area (Å²) in [6.45, 7) is 3.85. The molecule has 2 rings (SSSR count). The molecule has 1 fully saturated rings. The number of carbonyl (C=O) groups is 3. The SMILES string of the molecule is CCC(C)NC(=O)C1(C(=O)Nc2cc(C(=O)OC)ccc2Cl)CC1. The van der Waals surface area contributed by atoms with E-state index in [4.69, 9.17) is 11.6 Å². The Kier molecular flexibility index (Phi) is 5.49. The Morgan fingerprint density at radius 1 is 1.29 bits per heavy atom. The molecule has 7 heteroatoms. The van der Waals surface area contributed by atoms with Crippen LogP contribution in [0.4, 0.5) is 5.69 Å². The zero-order chi connectivity index (χ0) is 17.9. The van der Waals surface area contributed by atoms with Crippen LogP contribution < -0.4 is 10.6 Å². The maximum Gasteiger partial charge on any atom is 0.337 e. The Bertz CT molecular complexity index is 671. The molecule has 6 nitrogen and oxygen atoms in total. The molecule has 2 N–H and O–H groups in total. The molecular formula is C17H21ClN2O4. The number of methoxy groups -OCH3 is 1. The van der Waals surface area contributed by atoms with Gasteiger partial charge < -0.3 is 15.4 Å². The summed E-state index contributed by atoms with van der Waals surface area (Å²) in [6, 6.07) is 4.46. The van der Waals surface area contributed by atoms with Crippen molar-refractivity contribution >= 4 is 35.1 Å². The lowest BCUT2D eigenvalue weighted by molar-refractivity contribution is -0.134. The number of nitrogens with one attached hydrogen (secondary N) is 2. The lowest BCUT2D eigenvalue weighted by Crippen LogP contribution is -2.43. The summed E-state index contributed by atoms with van der Waals surface area (Å²) in [4.78, 5) is 36.5. The molecule has 0 radical (unpaired) electrons. The van der Waals surface area contributed by atoms with E-state index in [1.165, 1.54) is 25.3 Å². The minimum absolute atomic E-state index is 0.00835. The molecule has 0 aliphatic heterocycles. The highest BCUT2D eigenvalue weighted by molar-refractivity contribution is 6.34. The van der Waals surface area contributed by atoms with Crippen LogP contribution in [0.25, 0.3) is 0 Å². The first-order valence-corrected chi connectivity index (χ1v) is 8.22. The molecule has 0 heterocycles. The van der Waals surface area contributed by atoms with Crippen LogP contribution in [0.5, 0.6) is 0 Å². The van der Waals surface area contributed by atoms with Crippen LogP contribution in [-0.4, -0.2) is 30.9 Å². The van der Waals surface area contributed by atoms with E-state index in [2.05, 4.69) is 15.4 Å². The normalized spacial score (nSPS) is 16.0. The number of hydrogen-bond acceptors (Lipinski definition) is 4. The number of hydrogen-bond donors (Lipinski definition) is 2. The lowest BCUT2D eigenvalue weighted by Gasteiger charge is -2.19. The minimum atomic E-state index is -1.05. The molecular weight excluding hydrogens is 332 g/mol. The van der Waals surface area contributed by atoms with E-state index < -0.39 is 17.3 Å². The molecule has 130 valence electrons. The zero-order valence-electron chi connectivity index (χ0n) is 13.9. The first kappa shape index (κ1) is 18.3. The summed E-state index contributed by atoms with van der Waals surface area (Å²) in [5.74, 6) is -1.21. The second kappa shape index (κ2) is 7.21. The average Bonchev–Trinajstić information content (AvgIpc) is 3.37. The molecule has 0 spiro atoms. The molecule has 24 heavy (non-hydrogen) atoms. The predicted molar refractivity (Wildman–Crippen MR) is 91.0 cm³/mol. The summed E-state index contributed by atoms with van der Waals surface area (Å²) in [7, 11) is 1.27. The van der Waals surface area contributed by atoms with Gasteiger partial charge in [-0.3, -0.25) is 9.59 Å². The van der Waals surface area contributed by atoms with Gasteiger partial charge in [0.15, 0.2) is 0 Å². The van der Waals surface area contributed by atoms with Gasteiger partial charge in [0.05, 0.1) is 23.4 Å². The number of anilines is 1. The Labute approximate surface area is 145 Å². The number of ether oxygens (including phenoxy) is 1. The smallest absolute Gasteiger partial charge is 0.337 e. The van der Waals surface area contributed by atoms with Crippen LogP contribution in [0, 0.1) is 5.41 Å². The van der Waals surface area contributed by atoms with E-state index in [1.54, 1.807) is 0 Å². The Morgan fingerprint density at radius 2 is 1.96 bits per heavy atom. The molecule has 2 amide bonds. The second-order valence-electron chi connectivity index (χ2n) is 6.01. The molecule has 1 aromatic carbocycles. The van der Waals surface area contributed by atoms with Crippen LogP contribution in [0.3, 0.4) is 0 Å². The van der Waals surface area contributed by atoms with Gasteiger partial charge in [-0.1, -0.05) is 18.5 Å². The topological polar surface area (TPSA) is 84.5 Å². The first-order valence-electron chi connectivity index (χ1n) is 7.84. The molecule has 1 aliphatic carbocycles. The van der Waals surface area contributed by atoms with Gasteiger partial charge in [-0.05, 0) is 44.4 Å². The number of benzene rings is 1. The molecule has 1 aromatic rings. The molecule has 1 aliphatic rings. The van der Waals surface area contributed by atoms with Crippen molar-refractivity contribution in [3.63, 3.8) is 0 Å². The molecule has 1 saturated carbocycles. The molecule has 0 saturated heterocycles. The Balaban J connectivity index is 2.15. The summed E-state index contributed by atoms with van der Waals surface area (Å²) < 4.78 is 4.65. The molecule has 1 unspecified atom stereocenters. The van der Waals surface area contributed by atoms with Gasteiger partial charge in [-0.2, -0.15) is 0 Å². The Morgan fingerprint density at radius 3 is 2.50 bits per heavy atom. The number of halogens is 1. The van der Waals surface area contributed by atoms with Crippen molar-refractivity contribution in [2.45, 2.75) is 39.2 Å². The van der Waals surface area contributed by atoms with Gasteiger partial charge in [0.2, 0.25) is 11.8 Å². The van der Waals surface area contributed by atoms with Crippen molar-refractivity contribution in [1.82, 2.24) is 5.32 Å². The van der Waals surface area contributed by atoms with Crippen molar-refractivity contribution in [3.8, 4) is 0 Å². The van der Waals surface area contributed by atoms with Gasteiger partial charge in [-0.25, -0.2) is 4.79 Å². The van der Waals surface area contributed by atoms with E-state index >= 15 is 0 Å². The van der Waals surface area contributed by atoms with E-state index in [1.807, 2.05) is 13.8 Å². The molecule has 0 aromatic heterocycles. The molecule has 1 atom stereocenters.